The van der Waals surface area contributed by atoms with Crippen molar-refractivity contribution in [2.45, 2.75) is 33.9 Å². The number of benzene rings is 1. The predicted octanol–water partition coefficient (Wildman–Crippen LogP) is 3.78. The Morgan fingerprint density at radius 2 is 1.73 bits per heavy atom. The molecule has 0 bridgehead atoms. The van der Waals surface area contributed by atoms with E-state index in [2.05, 4.69) is 10.00 Å². The summed E-state index contributed by atoms with van der Waals surface area (Å²) in [5.41, 5.74) is 3.45. The summed E-state index contributed by atoms with van der Waals surface area (Å²) in [6.07, 6.45) is 0. The molecular formula is C19H24Cl2N4O. The van der Waals surface area contributed by atoms with Gasteiger partial charge in [0, 0.05) is 60.6 Å². The van der Waals surface area contributed by atoms with E-state index in [9.17, 15) is 4.79 Å². The van der Waals surface area contributed by atoms with Crippen molar-refractivity contribution in [1.82, 2.24) is 19.6 Å². The average Bonchev–Trinajstić information content (AvgIpc) is 2.92. The molecule has 1 fully saturated rings. The van der Waals surface area contributed by atoms with E-state index in [1.54, 1.807) is 0 Å². The van der Waals surface area contributed by atoms with Crippen molar-refractivity contribution in [3.05, 3.63) is 50.8 Å². The van der Waals surface area contributed by atoms with Gasteiger partial charge in [0.05, 0.1) is 11.3 Å². The molecule has 1 amide bonds. The van der Waals surface area contributed by atoms with Crippen molar-refractivity contribution in [3.63, 3.8) is 0 Å². The quantitative estimate of drug-likeness (QED) is 0.791. The highest BCUT2D eigenvalue weighted by Crippen LogP contribution is 2.26. The van der Waals surface area contributed by atoms with E-state index in [0.717, 1.165) is 42.1 Å². The zero-order valence-corrected chi connectivity index (χ0v) is 16.9. The van der Waals surface area contributed by atoms with Gasteiger partial charge in [0.1, 0.15) is 0 Å². The maximum Gasteiger partial charge on any atom is 0.257 e. The van der Waals surface area contributed by atoms with Crippen LogP contribution in [0.2, 0.25) is 10.0 Å². The lowest BCUT2D eigenvalue weighted by Gasteiger charge is -2.35. The van der Waals surface area contributed by atoms with Crippen LogP contribution in [-0.4, -0.2) is 51.7 Å². The van der Waals surface area contributed by atoms with Gasteiger partial charge >= 0.3 is 0 Å². The summed E-state index contributed by atoms with van der Waals surface area (Å²) in [6.45, 7) is 10.4. The zero-order valence-electron chi connectivity index (χ0n) is 15.4. The molecule has 1 aromatic carbocycles. The highest BCUT2D eigenvalue weighted by Gasteiger charge is 2.27. The van der Waals surface area contributed by atoms with Crippen LogP contribution in [0.5, 0.6) is 0 Å². The van der Waals surface area contributed by atoms with Gasteiger partial charge in [-0.1, -0.05) is 29.3 Å². The molecule has 5 nitrogen and oxygen atoms in total. The van der Waals surface area contributed by atoms with Gasteiger partial charge in [-0.05, 0) is 32.9 Å². The number of halogens is 2. The molecule has 1 aromatic heterocycles. The number of amides is 1. The topological polar surface area (TPSA) is 41.4 Å². The van der Waals surface area contributed by atoms with Gasteiger partial charge in [0.2, 0.25) is 0 Å². The summed E-state index contributed by atoms with van der Waals surface area (Å²) in [4.78, 5) is 17.2. The molecule has 0 aliphatic carbocycles. The molecule has 3 rings (SSSR count). The lowest BCUT2D eigenvalue weighted by atomic mass is 10.1. The van der Waals surface area contributed by atoms with Crippen molar-refractivity contribution in [3.8, 4) is 0 Å². The fourth-order valence-corrected chi connectivity index (χ4v) is 4.01. The van der Waals surface area contributed by atoms with Crippen molar-refractivity contribution in [2.75, 3.05) is 26.2 Å². The van der Waals surface area contributed by atoms with E-state index in [1.165, 1.54) is 0 Å². The molecule has 26 heavy (non-hydrogen) atoms. The third kappa shape index (κ3) is 3.75. The van der Waals surface area contributed by atoms with Gasteiger partial charge in [-0.25, -0.2) is 0 Å². The summed E-state index contributed by atoms with van der Waals surface area (Å²) in [5, 5.41) is 5.84. The first-order chi connectivity index (χ1) is 12.4. The zero-order chi connectivity index (χ0) is 18.8. The van der Waals surface area contributed by atoms with E-state index in [-0.39, 0.29) is 5.91 Å². The molecule has 7 heteroatoms. The van der Waals surface area contributed by atoms with Crippen molar-refractivity contribution < 1.29 is 4.79 Å². The smallest absolute Gasteiger partial charge is 0.257 e. The second kappa shape index (κ2) is 7.99. The average molecular weight is 395 g/mol. The highest BCUT2D eigenvalue weighted by molar-refractivity contribution is 6.35. The number of carbonyl (C=O) groups is 1. The van der Waals surface area contributed by atoms with Crippen LogP contribution in [-0.2, 0) is 13.1 Å². The third-order valence-electron chi connectivity index (χ3n) is 5.00. The Balaban J connectivity index is 1.65. The molecule has 2 aromatic rings. The number of rotatable bonds is 4. The first-order valence-electron chi connectivity index (χ1n) is 8.90. The SMILES string of the molecule is CCn1nc(C)c(C(=O)N2CCN(Cc3c(Cl)cccc3Cl)CC2)c1C. The largest absolute Gasteiger partial charge is 0.336 e. The monoisotopic (exact) mass is 394 g/mol. The van der Waals surface area contributed by atoms with E-state index in [1.807, 2.05) is 48.6 Å². The summed E-state index contributed by atoms with van der Waals surface area (Å²) in [7, 11) is 0. The Morgan fingerprint density at radius 1 is 1.12 bits per heavy atom. The van der Waals surface area contributed by atoms with Gasteiger partial charge in [-0.3, -0.25) is 14.4 Å². The molecule has 0 saturated carbocycles. The number of hydrogen-bond acceptors (Lipinski definition) is 3. The highest BCUT2D eigenvalue weighted by atomic mass is 35.5. The molecule has 1 aliphatic heterocycles. The second-order valence-electron chi connectivity index (χ2n) is 6.63. The van der Waals surface area contributed by atoms with Crippen LogP contribution >= 0.6 is 23.2 Å². The normalized spacial score (nSPS) is 15.5. The Morgan fingerprint density at radius 3 is 2.27 bits per heavy atom. The maximum atomic E-state index is 13.0. The van der Waals surface area contributed by atoms with Crippen molar-refractivity contribution in [2.24, 2.45) is 0 Å². The fourth-order valence-electron chi connectivity index (χ4n) is 3.49. The van der Waals surface area contributed by atoms with E-state index in [0.29, 0.717) is 29.7 Å². The Kier molecular flexibility index (Phi) is 5.90. The van der Waals surface area contributed by atoms with Crippen molar-refractivity contribution in [1.29, 1.82) is 0 Å². The van der Waals surface area contributed by atoms with Crippen LogP contribution in [0, 0.1) is 13.8 Å². The summed E-state index contributed by atoms with van der Waals surface area (Å²) in [6, 6.07) is 5.57. The summed E-state index contributed by atoms with van der Waals surface area (Å²) < 4.78 is 1.89. The lowest BCUT2D eigenvalue weighted by Crippen LogP contribution is -2.48. The molecular weight excluding hydrogens is 371 g/mol. The molecule has 0 atom stereocenters. The van der Waals surface area contributed by atoms with Gasteiger partial charge in [0.15, 0.2) is 0 Å². The summed E-state index contributed by atoms with van der Waals surface area (Å²) in [5.74, 6) is 0.0788. The van der Waals surface area contributed by atoms with Crippen LogP contribution in [0.3, 0.4) is 0 Å². The second-order valence-corrected chi connectivity index (χ2v) is 7.44. The molecule has 0 radical (unpaired) electrons. The summed E-state index contributed by atoms with van der Waals surface area (Å²) >= 11 is 12.5. The third-order valence-corrected chi connectivity index (χ3v) is 5.71. The number of carbonyl (C=O) groups excluding carboxylic acids is 1. The number of piperazine rings is 1. The molecule has 1 aliphatic rings. The molecule has 140 valence electrons. The molecule has 0 N–H and O–H groups in total. The van der Waals surface area contributed by atoms with E-state index >= 15 is 0 Å². The number of aromatic nitrogens is 2. The van der Waals surface area contributed by atoms with Crippen LogP contribution < -0.4 is 0 Å². The number of hydrogen-bond donors (Lipinski definition) is 0. The first-order valence-corrected chi connectivity index (χ1v) is 9.66. The predicted molar refractivity (Wildman–Crippen MR) is 105 cm³/mol. The first kappa shape index (κ1) is 19.2. The molecule has 0 spiro atoms. The minimum atomic E-state index is 0.0788. The Hall–Kier alpha value is -1.56. The number of nitrogens with zero attached hydrogens (tertiary/aromatic N) is 4. The van der Waals surface area contributed by atoms with E-state index in [4.69, 9.17) is 23.2 Å². The minimum Gasteiger partial charge on any atom is -0.336 e. The van der Waals surface area contributed by atoms with Gasteiger partial charge in [-0.15, -0.1) is 0 Å². The van der Waals surface area contributed by atoms with Crippen molar-refractivity contribution >= 4 is 29.1 Å². The van der Waals surface area contributed by atoms with Crippen LogP contribution in [0.25, 0.3) is 0 Å². The Labute approximate surface area is 164 Å². The van der Waals surface area contributed by atoms with Crippen LogP contribution in [0.4, 0.5) is 0 Å². The molecule has 2 heterocycles. The van der Waals surface area contributed by atoms with Gasteiger partial charge in [-0.2, -0.15) is 5.10 Å². The molecule has 1 saturated heterocycles. The Bertz CT molecular complexity index is 790. The lowest BCUT2D eigenvalue weighted by molar-refractivity contribution is 0.0627. The van der Waals surface area contributed by atoms with E-state index < -0.39 is 0 Å². The standard InChI is InChI=1S/C19H24Cl2N4O/c1-4-25-14(3)18(13(2)22-25)19(26)24-10-8-23(9-11-24)12-15-16(20)6-5-7-17(15)21/h5-7H,4,8-12H2,1-3H3. The van der Waals surface area contributed by atoms with Crippen LogP contribution in [0.15, 0.2) is 18.2 Å². The fraction of sp³-hybridized carbons (Fsp3) is 0.474. The molecule has 0 unspecified atom stereocenters. The maximum absolute atomic E-state index is 13.0. The van der Waals surface area contributed by atoms with Gasteiger partial charge in [0.25, 0.3) is 5.91 Å². The van der Waals surface area contributed by atoms with Gasteiger partial charge < -0.3 is 4.90 Å². The van der Waals surface area contributed by atoms with Crippen LogP contribution in [0.1, 0.15) is 34.2 Å². The number of aryl methyl sites for hydroxylation is 2. The minimum absolute atomic E-state index is 0.0788.